The van der Waals surface area contributed by atoms with Crippen LogP contribution in [0.4, 0.5) is 0 Å². The van der Waals surface area contributed by atoms with E-state index in [4.69, 9.17) is 4.74 Å². The molecule has 3 N–H and O–H groups in total. The van der Waals surface area contributed by atoms with Crippen molar-refractivity contribution in [2.75, 3.05) is 35.3 Å². The molecule has 0 bridgehead atoms. The third-order valence-electron chi connectivity index (χ3n) is 4.18. The molecule has 29 heavy (non-hydrogen) atoms. The molecular weight excluding hydrogens is 411 g/mol. The first-order valence-corrected chi connectivity index (χ1v) is 9.09. The summed E-state index contributed by atoms with van der Waals surface area (Å²) in [4.78, 5) is 15.1. The molecular formula is C22H30Cl2N2O3. The number of carbonyl (C=O) groups excluding carboxylic acids is 1. The van der Waals surface area contributed by atoms with E-state index in [9.17, 15) is 9.90 Å². The zero-order valence-electron chi connectivity index (χ0n) is 17.6. The summed E-state index contributed by atoms with van der Waals surface area (Å²) in [5, 5.41) is 10.6. The highest BCUT2D eigenvalue weighted by Gasteiger charge is 2.16. The van der Waals surface area contributed by atoms with Crippen molar-refractivity contribution in [1.29, 1.82) is 0 Å². The van der Waals surface area contributed by atoms with E-state index in [0.717, 1.165) is 22.4 Å². The van der Waals surface area contributed by atoms with Gasteiger partial charge in [-0.25, -0.2) is 0 Å². The number of hydrogen-bond acceptors (Lipinski definition) is 3. The van der Waals surface area contributed by atoms with Crippen molar-refractivity contribution in [3.63, 3.8) is 0 Å². The standard InChI is InChI=1S/C22H28N2O3.2ClH/c1-23(2)14-18-12-17(13-19(22(18)26)15-24(3)4)21(25)11-8-16-6-9-20(27-5)10-7-16;;/h6-13,26H,14-15H2,1-5H3;2*1H/b11-8+;;. The van der Waals surface area contributed by atoms with Crippen molar-refractivity contribution in [2.24, 2.45) is 0 Å². The molecule has 2 aromatic rings. The predicted molar refractivity (Wildman–Crippen MR) is 107 cm³/mol. The van der Waals surface area contributed by atoms with Crippen molar-refractivity contribution in [2.45, 2.75) is 13.1 Å². The van der Waals surface area contributed by atoms with E-state index in [1.54, 1.807) is 31.4 Å². The number of methoxy groups -OCH3 is 1. The average Bonchev–Trinajstić information content (AvgIpc) is 2.62. The highest BCUT2D eigenvalue weighted by Crippen LogP contribution is 2.24. The zero-order valence-corrected chi connectivity index (χ0v) is 19.1. The van der Waals surface area contributed by atoms with Gasteiger partial charge in [-0.3, -0.25) is 4.79 Å². The van der Waals surface area contributed by atoms with Gasteiger partial charge in [-0.05, 0) is 35.9 Å². The molecule has 0 amide bonds. The number of halogens is 2. The summed E-state index contributed by atoms with van der Waals surface area (Å²) in [6.07, 6.45) is 3.37. The van der Waals surface area contributed by atoms with E-state index in [1.807, 2.05) is 52.5 Å². The summed E-state index contributed by atoms with van der Waals surface area (Å²) < 4.78 is 5.15. The molecule has 0 aliphatic heterocycles. The van der Waals surface area contributed by atoms with Crippen LogP contribution in [0.2, 0.25) is 0 Å². The van der Waals surface area contributed by atoms with Crippen molar-refractivity contribution < 1.29 is 49.3 Å². The Hall–Kier alpha value is -2.05. The number of allylic oxidation sites excluding steroid dienone is 1. The molecule has 0 aliphatic rings. The summed E-state index contributed by atoms with van der Waals surface area (Å²) in [5.74, 6) is 1.01. The second kappa shape index (κ2) is 12.5. The molecule has 0 radical (unpaired) electrons. The van der Waals surface area contributed by atoms with Crippen molar-refractivity contribution >= 4 is 11.9 Å². The van der Waals surface area contributed by atoms with Crippen molar-refractivity contribution in [3.8, 4) is 11.5 Å². The third kappa shape index (κ3) is 8.07. The number of quaternary nitrogens is 2. The smallest absolute Gasteiger partial charge is 0.185 e. The maximum atomic E-state index is 12.7. The Morgan fingerprint density at radius 1 is 0.966 bits per heavy atom. The van der Waals surface area contributed by atoms with Crippen LogP contribution >= 0.6 is 0 Å². The lowest BCUT2D eigenvalue weighted by Crippen LogP contribution is -3.04. The van der Waals surface area contributed by atoms with E-state index < -0.39 is 0 Å². The lowest BCUT2D eigenvalue weighted by atomic mass is 10.00. The Balaban J connectivity index is 0.00000392. The lowest BCUT2D eigenvalue weighted by molar-refractivity contribution is -0.873. The van der Waals surface area contributed by atoms with Gasteiger partial charge in [-0.15, -0.1) is 0 Å². The van der Waals surface area contributed by atoms with Gasteiger partial charge >= 0.3 is 0 Å². The minimum absolute atomic E-state index is 0. The molecule has 2 aromatic carbocycles. The van der Waals surface area contributed by atoms with Gasteiger partial charge in [0, 0.05) is 16.7 Å². The number of carbonyl (C=O) groups is 1. The first-order valence-electron chi connectivity index (χ1n) is 9.09. The van der Waals surface area contributed by atoms with Crippen LogP contribution in [0.25, 0.3) is 6.08 Å². The van der Waals surface area contributed by atoms with Gasteiger partial charge in [0.2, 0.25) is 0 Å². The van der Waals surface area contributed by atoms with Gasteiger partial charge in [0.05, 0.1) is 35.3 Å². The maximum Gasteiger partial charge on any atom is 0.185 e. The van der Waals surface area contributed by atoms with Gasteiger partial charge < -0.3 is 44.5 Å². The lowest BCUT2D eigenvalue weighted by Gasteiger charge is -2.15. The second-order valence-corrected chi connectivity index (χ2v) is 7.38. The SMILES string of the molecule is COc1ccc(/C=C/C(=O)c2cc(C[NH+](C)C)c(O)c(C[NH+](C)C)c2)cc1.[Cl-].[Cl-]. The fourth-order valence-electron chi connectivity index (χ4n) is 2.92. The summed E-state index contributed by atoms with van der Waals surface area (Å²) in [6.45, 7) is 1.32. The van der Waals surface area contributed by atoms with E-state index >= 15 is 0 Å². The molecule has 160 valence electrons. The molecule has 0 spiro atoms. The summed E-state index contributed by atoms with van der Waals surface area (Å²) in [7, 11) is 9.71. The predicted octanol–water partition coefficient (Wildman–Crippen LogP) is -5.41. The van der Waals surface area contributed by atoms with Crippen molar-refractivity contribution in [1.82, 2.24) is 0 Å². The molecule has 7 heteroatoms. The molecule has 0 heterocycles. The minimum Gasteiger partial charge on any atom is -1.00 e. The number of benzene rings is 2. The van der Waals surface area contributed by atoms with Gasteiger partial charge in [0.25, 0.3) is 0 Å². The van der Waals surface area contributed by atoms with Crippen LogP contribution < -0.4 is 39.4 Å². The van der Waals surface area contributed by atoms with E-state index in [1.165, 1.54) is 9.80 Å². The van der Waals surface area contributed by atoms with E-state index in [0.29, 0.717) is 24.4 Å². The van der Waals surface area contributed by atoms with Crippen LogP contribution in [-0.2, 0) is 13.1 Å². The quantitative estimate of drug-likeness (QED) is 0.283. The Morgan fingerprint density at radius 2 is 1.45 bits per heavy atom. The van der Waals surface area contributed by atoms with Crippen LogP contribution in [0.15, 0.2) is 42.5 Å². The molecule has 0 aromatic heterocycles. The number of ether oxygens (including phenoxy) is 1. The number of phenolic OH excluding ortho intramolecular Hbond substituents is 1. The average molecular weight is 441 g/mol. The molecule has 5 nitrogen and oxygen atoms in total. The number of nitrogens with one attached hydrogen (secondary N) is 2. The van der Waals surface area contributed by atoms with Crippen molar-refractivity contribution in [3.05, 3.63) is 64.7 Å². The largest absolute Gasteiger partial charge is 1.00 e. The Morgan fingerprint density at radius 3 is 1.86 bits per heavy atom. The van der Waals surface area contributed by atoms with E-state index in [-0.39, 0.29) is 30.6 Å². The Bertz CT molecular complexity index is 788. The monoisotopic (exact) mass is 440 g/mol. The normalized spacial score (nSPS) is 10.7. The van der Waals surface area contributed by atoms with Gasteiger partial charge in [0.1, 0.15) is 24.6 Å². The van der Waals surface area contributed by atoms with Gasteiger partial charge in [0.15, 0.2) is 5.78 Å². The van der Waals surface area contributed by atoms with Crippen LogP contribution in [-0.4, -0.2) is 46.2 Å². The van der Waals surface area contributed by atoms with Gasteiger partial charge in [-0.2, -0.15) is 0 Å². The molecule has 0 saturated carbocycles. The van der Waals surface area contributed by atoms with Crippen LogP contribution in [0.1, 0.15) is 27.0 Å². The molecule has 0 unspecified atom stereocenters. The topological polar surface area (TPSA) is 55.4 Å². The molecule has 0 saturated heterocycles. The number of hydrogen-bond donors (Lipinski definition) is 3. The first-order chi connectivity index (χ1) is 12.8. The van der Waals surface area contributed by atoms with E-state index in [2.05, 4.69) is 0 Å². The van der Waals surface area contributed by atoms with Crippen LogP contribution in [0.3, 0.4) is 0 Å². The fraction of sp³-hybridized carbons (Fsp3) is 0.318. The molecule has 2 rings (SSSR count). The summed E-state index contributed by atoms with van der Waals surface area (Å²) in [5.41, 5.74) is 3.13. The maximum absolute atomic E-state index is 12.7. The number of ketones is 1. The minimum atomic E-state index is -0.0733. The number of rotatable bonds is 8. The second-order valence-electron chi connectivity index (χ2n) is 7.38. The van der Waals surface area contributed by atoms with Gasteiger partial charge in [-0.1, -0.05) is 18.2 Å². The summed E-state index contributed by atoms with van der Waals surface area (Å²) in [6, 6.07) is 11.1. The first kappa shape index (κ1) is 27.0. The van der Waals surface area contributed by atoms with Crippen LogP contribution in [0.5, 0.6) is 11.5 Å². The molecule has 0 aliphatic carbocycles. The highest BCUT2D eigenvalue weighted by atomic mass is 35.5. The zero-order chi connectivity index (χ0) is 20.0. The fourth-order valence-corrected chi connectivity index (χ4v) is 2.92. The number of aromatic hydroxyl groups is 1. The Kier molecular flexibility index (Phi) is 11.6. The summed E-state index contributed by atoms with van der Waals surface area (Å²) >= 11 is 0. The Labute approximate surface area is 185 Å². The third-order valence-corrected chi connectivity index (χ3v) is 4.18. The molecule has 0 atom stereocenters. The van der Waals surface area contributed by atoms with Crippen LogP contribution in [0, 0.1) is 0 Å². The number of phenols is 1. The molecule has 0 fully saturated rings. The highest BCUT2D eigenvalue weighted by molar-refractivity contribution is 6.07.